The summed E-state index contributed by atoms with van der Waals surface area (Å²) in [5.41, 5.74) is 3.50. The van der Waals surface area contributed by atoms with Crippen molar-refractivity contribution < 1.29 is 14.7 Å². The van der Waals surface area contributed by atoms with Crippen LogP contribution in [0.4, 0.5) is 4.79 Å². The second-order valence-electron chi connectivity index (χ2n) is 5.24. The zero-order valence-electron chi connectivity index (χ0n) is 12.6. The Hall–Kier alpha value is -2.50. The number of rotatable bonds is 7. The predicted octanol–water partition coefficient (Wildman–Crippen LogP) is 2.18. The number of carbonyl (C=O) groups is 2. The molecule has 22 heavy (non-hydrogen) atoms. The van der Waals surface area contributed by atoms with Gasteiger partial charge in [0, 0.05) is 36.6 Å². The Balaban J connectivity index is 1.76. The Morgan fingerprint density at radius 3 is 2.77 bits per heavy atom. The monoisotopic (exact) mass is 303 g/mol. The van der Waals surface area contributed by atoms with Crippen molar-refractivity contribution in [3.05, 3.63) is 35.5 Å². The molecule has 1 aromatic carbocycles. The maximum absolute atomic E-state index is 11.6. The summed E-state index contributed by atoms with van der Waals surface area (Å²) in [5.74, 6) is -0.850. The standard InChI is InChI=1S/C16H21N3O3/c1-11-4-2-5-13-15(11)12(10-19-13)7-9-18-16(22)17-8-3-6-14(20)21/h2,4-5,10,19H,3,6-9H2,1H3,(H,20,21)(H2,17,18,22). The first-order chi connectivity index (χ1) is 10.6. The summed E-state index contributed by atoms with van der Waals surface area (Å²) < 4.78 is 0. The van der Waals surface area contributed by atoms with E-state index in [-0.39, 0.29) is 12.5 Å². The Kier molecular flexibility index (Phi) is 5.41. The number of benzene rings is 1. The van der Waals surface area contributed by atoms with Crippen LogP contribution in [0.2, 0.25) is 0 Å². The van der Waals surface area contributed by atoms with Gasteiger partial charge in [-0.1, -0.05) is 12.1 Å². The molecule has 6 nitrogen and oxygen atoms in total. The molecule has 2 aromatic rings. The third-order valence-corrected chi connectivity index (χ3v) is 3.53. The number of urea groups is 1. The molecule has 0 saturated heterocycles. The van der Waals surface area contributed by atoms with E-state index in [4.69, 9.17) is 5.11 Å². The van der Waals surface area contributed by atoms with Gasteiger partial charge in [-0.05, 0) is 37.0 Å². The SMILES string of the molecule is Cc1cccc2[nH]cc(CCNC(=O)NCCCC(=O)O)c12. The molecule has 0 spiro atoms. The van der Waals surface area contributed by atoms with Crippen LogP contribution in [0.3, 0.4) is 0 Å². The van der Waals surface area contributed by atoms with Gasteiger partial charge in [-0.3, -0.25) is 4.79 Å². The van der Waals surface area contributed by atoms with Gasteiger partial charge in [0.15, 0.2) is 0 Å². The lowest BCUT2D eigenvalue weighted by molar-refractivity contribution is -0.137. The zero-order valence-corrected chi connectivity index (χ0v) is 12.6. The maximum Gasteiger partial charge on any atom is 0.314 e. The number of aromatic nitrogens is 1. The van der Waals surface area contributed by atoms with Crippen molar-refractivity contribution in [2.45, 2.75) is 26.2 Å². The van der Waals surface area contributed by atoms with E-state index < -0.39 is 5.97 Å². The number of aromatic amines is 1. The molecule has 0 aliphatic heterocycles. The van der Waals surface area contributed by atoms with Gasteiger partial charge in [0.05, 0.1) is 0 Å². The largest absolute Gasteiger partial charge is 0.481 e. The Labute approximate surface area is 128 Å². The number of carboxylic acids is 1. The number of amides is 2. The topological polar surface area (TPSA) is 94.2 Å². The highest BCUT2D eigenvalue weighted by atomic mass is 16.4. The summed E-state index contributed by atoms with van der Waals surface area (Å²) in [5, 5.41) is 15.1. The van der Waals surface area contributed by atoms with Crippen LogP contribution in [0.25, 0.3) is 10.9 Å². The summed E-state index contributed by atoms with van der Waals surface area (Å²) in [6, 6.07) is 5.86. The number of carbonyl (C=O) groups excluding carboxylic acids is 1. The average molecular weight is 303 g/mol. The molecule has 6 heteroatoms. The fraction of sp³-hybridized carbons (Fsp3) is 0.375. The summed E-state index contributed by atoms with van der Waals surface area (Å²) in [7, 11) is 0. The van der Waals surface area contributed by atoms with Crippen LogP contribution in [0, 0.1) is 6.92 Å². The van der Waals surface area contributed by atoms with Crippen LogP contribution < -0.4 is 10.6 Å². The van der Waals surface area contributed by atoms with E-state index in [9.17, 15) is 9.59 Å². The first-order valence-electron chi connectivity index (χ1n) is 7.37. The lowest BCUT2D eigenvalue weighted by Crippen LogP contribution is -2.37. The molecule has 2 amide bonds. The summed E-state index contributed by atoms with van der Waals surface area (Å²) >= 11 is 0. The number of hydrogen-bond donors (Lipinski definition) is 4. The summed E-state index contributed by atoms with van der Waals surface area (Å²) in [4.78, 5) is 25.2. The van der Waals surface area contributed by atoms with Crippen molar-refractivity contribution >= 4 is 22.9 Å². The van der Waals surface area contributed by atoms with E-state index in [1.54, 1.807) is 0 Å². The molecule has 1 heterocycles. The van der Waals surface area contributed by atoms with Gasteiger partial charge in [0.2, 0.25) is 0 Å². The number of fused-ring (bicyclic) bond motifs is 1. The first-order valence-corrected chi connectivity index (χ1v) is 7.37. The quantitative estimate of drug-likeness (QED) is 0.591. The highest BCUT2D eigenvalue weighted by molar-refractivity contribution is 5.86. The van der Waals surface area contributed by atoms with Crippen LogP contribution in [-0.4, -0.2) is 35.2 Å². The number of H-pyrrole nitrogens is 1. The van der Waals surface area contributed by atoms with Gasteiger partial charge in [0.1, 0.15) is 0 Å². The van der Waals surface area contributed by atoms with Crippen LogP contribution in [0.1, 0.15) is 24.0 Å². The lowest BCUT2D eigenvalue weighted by atomic mass is 10.1. The normalized spacial score (nSPS) is 10.6. The average Bonchev–Trinajstić information content (AvgIpc) is 2.88. The number of hydrogen-bond acceptors (Lipinski definition) is 2. The second kappa shape index (κ2) is 7.49. The third-order valence-electron chi connectivity index (χ3n) is 3.53. The summed E-state index contributed by atoms with van der Waals surface area (Å²) in [6.07, 6.45) is 3.22. The molecule has 4 N–H and O–H groups in total. The van der Waals surface area contributed by atoms with Gasteiger partial charge in [0.25, 0.3) is 0 Å². The minimum Gasteiger partial charge on any atom is -0.481 e. The molecular weight excluding hydrogens is 282 g/mol. The van der Waals surface area contributed by atoms with Crippen molar-refractivity contribution in [1.29, 1.82) is 0 Å². The predicted molar refractivity (Wildman–Crippen MR) is 85.0 cm³/mol. The van der Waals surface area contributed by atoms with Gasteiger partial charge in [-0.2, -0.15) is 0 Å². The Morgan fingerprint density at radius 1 is 1.23 bits per heavy atom. The smallest absolute Gasteiger partial charge is 0.314 e. The summed E-state index contributed by atoms with van der Waals surface area (Å²) in [6.45, 7) is 2.97. The lowest BCUT2D eigenvalue weighted by Gasteiger charge is -2.07. The van der Waals surface area contributed by atoms with Crippen LogP contribution in [-0.2, 0) is 11.2 Å². The fourth-order valence-corrected chi connectivity index (χ4v) is 2.46. The number of carboxylic acid groups (broad SMARTS) is 1. The van der Waals surface area contributed by atoms with Crippen molar-refractivity contribution in [1.82, 2.24) is 15.6 Å². The molecule has 1 aromatic heterocycles. The van der Waals surface area contributed by atoms with Gasteiger partial charge >= 0.3 is 12.0 Å². The number of nitrogens with one attached hydrogen (secondary N) is 3. The minimum atomic E-state index is -0.850. The van der Waals surface area contributed by atoms with Gasteiger partial charge in [-0.15, -0.1) is 0 Å². The van der Waals surface area contributed by atoms with E-state index >= 15 is 0 Å². The highest BCUT2D eigenvalue weighted by Gasteiger charge is 2.06. The van der Waals surface area contributed by atoms with E-state index in [0.29, 0.717) is 19.5 Å². The Morgan fingerprint density at radius 2 is 2.00 bits per heavy atom. The molecule has 0 radical (unpaired) electrons. The van der Waals surface area contributed by atoms with Gasteiger partial charge < -0.3 is 20.7 Å². The third kappa shape index (κ3) is 4.25. The van der Waals surface area contributed by atoms with Crippen LogP contribution in [0.15, 0.2) is 24.4 Å². The molecule has 118 valence electrons. The second-order valence-corrected chi connectivity index (χ2v) is 5.24. The molecular formula is C16H21N3O3. The Bertz CT molecular complexity index is 664. The zero-order chi connectivity index (χ0) is 15.9. The van der Waals surface area contributed by atoms with Crippen LogP contribution in [0.5, 0.6) is 0 Å². The van der Waals surface area contributed by atoms with Crippen molar-refractivity contribution in [2.24, 2.45) is 0 Å². The van der Waals surface area contributed by atoms with E-state index in [1.165, 1.54) is 16.5 Å². The fourth-order valence-electron chi connectivity index (χ4n) is 2.46. The first kappa shape index (κ1) is 15.9. The number of aryl methyl sites for hydroxylation is 1. The molecule has 0 aliphatic rings. The molecule has 0 saturated carbocycles. The molecule has 0 aliphatic carbocycles. The molecule has 0 atom stereocenters. The minimum absolute atomic E-state index is 0.0644. The number of aliphatic carboxylic acids is 1. The maximum atomic E-state index is 11.6. The molecule has 0 fully saturated rings. The van der Waals surface area contributed by atoms with E-state index in [1.807, 2.05) is 18.3 Å². The molecule has 0 bridgehead atoms. The van der Waals surface area contributed by atoms with Crippen molar-refractivity contribution in [3.63, 3.8) is 0 Å². The van der Waals surface area contributed by atoms with Crippen molar-refractivity contribution in [2.75, 3.05) is 13.1 Å². The molecule has 2 rings (SSSR count). The van der Waals surface area contributed by atoms with Crippen LogP contribution >= 0.6 is 0 Å². The highest BCUT2D eigenvalue weighted by Crippen LogP contribution is 2.22. The van der Waals surface area contributed by atoms with E-state index in [2.05, 4.69) is 28.6 Å². The van der Waals surface area contributed by atoms with E-state index in [0.717, 1.165) is 11.9 Å². The van der Waals surface area contributed by atoms with Gasteiger partial charge in [-0.25, -0.2) is 4.79 Å². The van der Waals surface area contributed by atoms with Crippen molar-refractivity contribution in [3.8, 4) is 0 Å². The molecule has 0 unspecified atom stereocenters.